The van der Waals surface area contributed by atoms with E-state index < -0.39 is 0 Å². The molecule has 0 aliphatic heterocycles. The molecule has 0 saturated heterocycles. The Morgan fingerprint density at radius 2 is 1.90 bits per heavy atom. The molecule has 6 heteroatoms. The number of hydrogen-bond acceptors (Lipinski definition) is 5. The third kappa shape index (κ3) is 2.50. The first kappa shape index (κ1) is 12.3. The monoisotopic (exact) mass is 268 g/mol. The van der Waals surface area contributed by atoms with E-state index in [1.54, 1.807) is 29.3 Å². The number of pyridine rings is 1. The molecule has 0 saturated carbocycles. The average molecular weight is 268 g/mol. The lowest BCUT2D eigenvalue weighted by Gasteiger charge is -2.04. The quantitative estimate of drug-likeness (QED) is 0.783. The summed E-state index contributed by atoms with van der Waals surface area (Å²) in [5.41, 5.74) is 1.47. The van der Waals surface area contributed by atoms with Crippen LogP contribution >= 0.6 is 0 Å². The highest BCUT2D eigenvalue weighted by atomic mass is 16.5. The van der Waals surface area contributed by atoms with Crippen molar-refractivity contribution in [2.75, 3.05) is 0 Å². The normalized spacial score (nSPS) is 10.4. The van der Waals surface area contributed by atoms with Crippen molar-refractivity contribution < 1.29 is 9.84 Å². The molecule has 0 unspecified atom stereocenters. The standard InChI is InChI=1S/C14H12N4O2/c19-9-11-5-4-8-15-13(11)20-14-16-10-18(17-14)12-6-2-1-3-7-12/h1-8,10,19H,9H2. The fourth-order valence-corrected chi connectivity index (χ4v) is 1.72. The van der Waals surface area contributed by atoms with Gasteiger partial charge in [-0.1, -0.05) is 18.2 Å². The van der Waals surface area contributed by atoms with Gasteiger partial charge in [0.1, 0.15) is 6.33 Å². The highest BCUT2D eigenvalue weighted by Gasteiger charge is 2.09. The van der Waals surface area contributed by atoms with Crippen LogP contribution in [0.2, 0.25) is 0 Å². The maximum atomic E-state index is 9.21. The molecule has 100 valence electrons. The molecule has 6 nitrogen and oxygen atoms in total. The molecule has 0 atom stereocenters. The summed E-state index contributed by atoms with van der Waals surface area (Å²) >= 11 is 0. The van der Waals surface area contributed by atoms with E-state index in [1.165, 1.54) is 0 Å². The highest BCUT2D eigenvalue weighted by molar-refractivity contribution is 5.30. The van der Waals surface area contributed by atoms with Crippen molar-refractivity contribution in [2.24, 2.45) is 0 Å². The van der Waals surface area contributed by atoms with Crippen molar-refractivity contribution in [1.29, 1.82) is 0 Å². The van der Waals surface area contributed by atoms with Gasteiger partial charge in [0, 0.05) is 11.8 Å². The third-order valence-electron chi connectivity index (χ3n) is 2.70. The summed E-state index contributed by atoms with van der Waals surface area (Å²) in [6.07, 6.45) is 3.15. The first-order valence-electron chi connectivity index (χ1n) is 6.06. The summed E-state index contributed by atoms with van der Waals surface area (Å²) < 4.78 is 7.10. The highest BCUT2D eigenvalue weighted by Crippen LogP contribution is 2.20. The van der Waals surface area contributed by atoms with Gasteiger partial charge < -0.3 is 9.84 Å². The smallest absolute Gasteiger partial charge is 0.342 e. The van der Waals surface area contributed by atoms with E-state index in [0.29, 0.717) is 11.4 Å². The molecule has 0 bridgehead atoms. The van der Waals surface area contributed by atoms with Gasteiger partial charge in [-0.15, -0.1) is 5.10 Å². The van der Waals surface area contributed by atoms with E-state index in [0.717, 1.165) is 5.69 Å². The summed E-state index contributed by atoms with van der Waals surface area (Å²) in [4.78, 5) is 8.13. The minimum absolute atomic E-state index is 0.150. The van der Waals surface area contributed by atoms with Crippen LogP contribution in [0.15, 0.2) is 55.0 Å². The van der Waals surface area contributed by atoms with Crippen LogP contribution in [0.3, 0.4) is 0 Å². The molecule has 20 heavy (non-hydrogen) atoms. The van der Waals surface area contributed by atoms with Crippen LogP contribution < -0.4 is 4.74 Å². The number of rotatable bonds is 4. The lowest BCUT2D eigenvalue weighted by molar-refractivity contribution is 0.274. The number of hydrogen-bond donors (Lipinski definition) is 1. The Morgan fingerprint density at radius 1 is 1.05 bits per heavy atom. The van der Waals surface area contributed by atoms with Gasteiger partial charge >= 0.3 is 6.01 Å². The van der Waals surface area contributed by atoms with Crippen molar-refractivity contribution >= 4 is 0 Å². The molecule has 0 radical (unpaired) electrons. The van der Waals surface area contributed by atoms with Gasteiger partial charge in [0.15, 0.2) is 0 Å². The predicted molar refractivity (Wildman–Crippen MR) is 71.6 cm³/mol. The van der Waals surface area contributed by atoms with Crippen molar-refractivity contribution in [3.63, 3.8) is 0 Å². The van der Waals surface area contributed by atoms with Gasteiger partial charge in [-0.3, -0.25) is 0 Å². The zero-order chi connectivity index (χ0) is 13.8. The number of aliphatic hydroxyl groups is 1. The van der Waals surface area contributed by atoms with Crippen LogP contribution in [0, 0.1) is 0 Å². The van der Waals surface area contributed by atoms with Crippen molar-refractivity contribution in [2.45, 2.75) is 6.61 Å². The maximum absolute atomic E-state index is 9.21. The molecule has 0 aliphatic carbocycles. The second-order valence-corrected chi connectivity index (χ2v) is 4.04. The zero-order valence-electron chi connectivity index (χ0n) is 10.5. The molecule has 3 aromatic rings. The molecule has 3 rings (SSSR count). The van der Waals surface area contributed by atoms with Crippen LogP contribution in [0.1, 0.15) is 5.56 Å². The van der Waals surface area contributed by atoms with E-state index in [2.05, 4.69) is 15.1 Å². The fraction of sp³-hybridized carbons (Fsp3) is 0.0714. The Kier molecular flexibility index (Phi) is 3.38. The van der Waals surface area contributed by atoms with Crippen LogP contribution in [0.5, 0.6) is 11.9 Å². The molecule has 0 spiro atoms. The fourth-order valence-electron chi connectivity index (χ4n) is 1.72. The Balaban J connectivity index is 1.84. The number of aromatic nitrogens is 4. The molecule has 1 N–H and O–H groups in total. The van der Waals surface area contributed by atoms with Crippen LogP contribution in [0.4, 0.5) is 0 Å². The molecule has 0 fully saturated rings. The van der Waals surface area contributed by atoms with Crippen LogP contribution in [-0.4, -0.2) is 24.9 Å². The maximum Gasteiger partial charge on any atom is 0.342 e. The van der Waals surface area contributed by atoms with Gasteiger partial charge in [0.2, 0.25) is 5.88 Å². The molecule has 0 aliphatic rings. The molecule has 2 aromatic heterocycles. The Labute approximate surface area is 115 Å². The van der Waals surface area contributed by atoms with Crippen LogP contribution in [-0.2, 0) is 6.61 Å². The summed E-state index contributed by atoms with van der Waals surface area (Å²) in [6, 6.07) is 13.2. The summed E-state index contributed by atoms with van der Waals surface area (Å²) in [5.74, 6) is 0.306. The molecule has 1 aromatic carbocycles. The minimum atomic E-state index is -0.150. The third-order valence-corrected chi connectivity index (χ3v) is 2.70. The van der Waals surface area contributed by atoms with Gasteiger partial charge in [-0.25, -0.2) is 9.67 Å². The SMILES string of the molecule is OCc1cccnc1Oc1ncn(-c2ccccc2)n1. The molecular formula is C14H12N4O2. The number of aliphatic hydroxyl groups excluding tert-OH is 1. The average Bonchev–Trinajstić information content (AvgIpc) is 2.97. The van der Waals surface area contributed by atoms with E-state index in [4.69, 9.17) is 4.74 Å². The first-order valence-corrected chi connectivity index (χ1v) is 6.06. The minimum Gasteiger partial charge on any atom is -0.404 e. The van der Waals surface area contributed by atoms with Crippen LogP contribution in [0.25, 0.3) is 5.69 Å². The predicted octanol–water partition coefficient (Wildman–Crippen LogP) is 1.95. The Hall–Kier alpha value is -2.73. The van der Waals surface area contributed by atoms with Gasteiger partial charge in [-0.2, -0.15) is 4.98 Å². The summed E-state index contributed by atoms with van der Waals surface area (Å²) in [5, 5.41) is 13.4. The second kappa shape index (κ2) is 5.50. The molecule has 0 amide bonds. The summed E-state index contributed by atoms with van der Waals surface area (Å²) in [7, 11) is 0. The van der Waals surface area contributed by atoms with E-state index in [1.807, 2.05) is 30.3 Å². The van der Waals surface area contributed by atoms with Gasteiger partial charge in [0.05, 0.1) is 12.3 Å². The van der Waals surface area contributed by atoms with Crippen molar-refractivity contribution in [3.8, 4) is 17.6 Å². The topological polar surface area (TPSA) is 73.1 Å². The van der Waals surface area contributed by atoms with Crippen molar-refractivity contribution in [1.82, 2.24) is 19.7 Å². The number of nitrogens with zero attached hydrogens (tertiary/aromatic N) is 4. The number of ether oxygens (including phenoxy) is 1. The van der Waals surface area contributed by atoms with E-state index in [-0.39, 0.29) is 12.6 Å². The van der Waals surface area contributed by atoms with Gasteiger partial charge in [-0.05, 0) is 24.3 Å². The molecule has 2 heterocycles. The summed E-state index contributed by atoms with van der Waals surface area (Å²) in [6.45, 7) is -0.150. The number of para-hydroxylation sites is 1. The van der Waals surface area contributed by atoms with Gasteiger partial charge in [0.25, 0.3) is 0 Å². The number of benzene rings is 1. The lowest BCUT2D eigenvalue weighted by atomic mass is 10.3. The molecular weight excluding hydrogens is 256 g/mol. The second-order valence-electron chi connectivity index (χ2n) is 4.04. The lowest BCUT2D eigenvalue weighted by Crippen LogP contribution is -1.97. The Morgan fingerprint density at radius 3 is 2.70 bits per heavy atom. The first-order chi connectivity index (χ1) is 9.86. The van der Waals surface area contributed by atoms with E-state index in [9.17, 15) is 5.11 Å². The van der Waals surface area contributed by atoms with Crippen molar-refractivity contribution in [3.05, 3.63) is 60.6 Å². The Bertz CT molecular complexity index is 697. The van der Waals surface area contributed by atoms with E-state index >= 15 is 0 Å². The zero-order valence-corrected chi connectivity index (χ0v) is 10.5. The largest absolute Gasteiger partial charge is 0.404 e.